The van der Waals surface area contributed by atoms with Gasteiger partial charge in [-0.25, -0.2) is 0 Å². The highest BCUT2D eigenvalue weighted by Crippen LogP contribution is 2.27. The fourth-order valence-electron chi connectivity index (χ4n) is 0.270. The summed E-state index contributed by atoms with van der Waals surface area (Å²) in [5, 5.41) is 0.352. The van der Waals surface area contributed by atoms with Gasteiger partial charge >= 0.3 is 0 Å². The Morgan fingerprint density at radius 1 is 1.56 bits per heavy atom. The molecule has 0 radical (unpaired) electrons. The lowest BCUT2D eigenvalue weighted by Gasteiger charge is -2.09. The Morgan fingerprint density at radius 2 is 2.00 bits per heavy atom. The van der Waals surface area contributed by atoms with Crippen molar-refractivity contribution in [3.05, 3.63) is 12.2 Å². The second-order valence-corrected chi connectivity index (χ2v) is 4.95. The van der Waals surface area contributed by atoms with Gasteiger partial charge in [-0.2, -0.15) is 0 Å². The molecular formula is C6H10Cl2S. The van der Waals surface area contributed by atoms with E-state index in [0.717, 1.165) is 5.57 Å². The zero-order chi connectivity index (χ0) is 7.44. The summed E-state index contributed by atoms with van der Waals surface area (Å²) in [7, 11) is 0. The maximum atomic E-state index is 5.50. The van der Waals surface area contributed by atoms with Crippen LogP contribution in [0.4, 0.5) is 0 Å². The Bertz CT molecular complexity index is 101. The molecule has 0 spiro atoms. The predicted molar refractivity (Wildman–Crippen MR) is 47.4 cm³/mol. The van der Waals surface area contributed by atoms with Crippen LogP contribution in [0.2, 0.25) is 0 Å². The summed E-state index contributed by atoms with van der Waals surface area (Å²) in [6.45, 7) is 7.77. The van der Waals surface area contributed by atoms with Crippen LogP contribution >= 0.6 is 35.0 Å². The molecule has 0 amide bonds. The molecule has 0 heterocycles. The third-order valence-corrected chi connectivity index (χ3v) is 2.63. The Hall–Kier alpha value is 0.670. The third-order valence-electron chi connectivity index (χ3n) is 1.00. The molecule has 9 heavy (non-hydrogen) atoms. The Morgan fingerprint density at radius 3 is 2.11 bits per heavy atom. The van der Waals surface area contributed by atoms with Gasteiger partial charge < -0.3 is 0 Å². The number of alkyl halides is 2. The summed E-state index contributed by atoms with van der Waals surface area (Å²) in [5.41, 5.74) is 1.10. The average Bonchev–Trinajstić information content (AvgIpc) is 1.63. The molecule has 0 aliphatic heterocycles. The molecule has 0 rings (SSSR count). The van der Waals surface area contributed by atoms with Gasteiger partial charge in [0.2, 0.25) is 0 Å². The topological polar surface area (TPSA) is 0 Å². The van der Waals surface area contributed by atoms with E-state index in [1.807, 2.05) is 13.8 Å². The van der Waals surface area contributed by atoms with E-state index in [1.54, 1.807) is 0 Å². The first-order valence-electron chi connectivity index (χ1n) is 2.63. The van der Waals surface area contributed by atoms with Gasteiger partial charge in [-0.3, -0.25) is 0 Å². The molecule has 0 aromatic rings. The molecule has 0 fully saturated rings. The zero-order valence-electron chi connectivity index (χ0n) is 5.53. The van der Waals surface area contributed by atoms with Crippen molar-refractivity contribution in [2.24, 2.45) is 0 Å². The van der Waals surface area contributed by atoms with E-state index in [-0.39, 0.29) is 4.17 Å². The van der Waals surface area contributed by atoms with Crippen LogP contribution in [0, 0.1) is 0 Å². The normalized spacial score (nSPS) is 13.9. The molecule has 54 valence electrons. The summed E-state index contributed by atoms with van der Waals surface area (Å²) in [6, 6.07) is 0. The Balaban J connectivity index is 3.50. The maximum Gasteiger partial charge on any atom is 0.153 e. The van der Waals surface area contributed by atoms with Crippen LogP contribution in [0.5, 0.6) is 0 Å². The molecule has 3 heteroatoms. The lowest BCUT2D eigenvalue weighted by atomic mass is 10.3. The third kappa shape index (κ3) is 5.13. The fourth-order valence-corrected chi connectivity index (χ4v) is 1.74. The molecule has 0 N–H and O–H groups in total. The molecule has 0 nitrogen and oxygen atoms in total. The van der Waals surface area contributed by atoms with Crippen molar-refractivity contribution in [1.82, 2.24) is 0 Å². The lowest BCUT2D eigenvalue weighted by molar-refractivity contribution is 1.13. The van der Waals surface area contributed by atoms with Gasteiger partial charge in [-0.1, -0.05) is 35.4 Å². The van der Waals surface area contributed by atoms with Crippen LogP contribution in [-0.4, -0.2) is 9.42 Å². The standard InChI is InChI=1S/C6H10Cl2S/c1-4(2)5(3)9-6(7)8/h5-6H,1H2,2-3H3. The number of hydrogen-bond acceptors (Lipinski definition) is 1. The molecule has 0 aliphatic carbocycles. The monoisotopic (exact) mass is 184 g/mol. The minimum atomic E-state index is -0.336. The van der Waals surface area contributed by atoms with Crippen molar-refractivity contribution in [2.75, 3.05) is 0 Å². The van der Waals surface area contributed by atoms with E-state index in [2.05, 4.69) is 6.58 Å². The number of halogens is 2. The van der Waals surface area contributed by atoms with Gasteiger partial charge in [0.25, 0.3) is 0 Å². The maximum absolute atomic E-state index is 5.50. The van der Waals surface area contributed by atoms with Gasteiger partial charge in [-0.05, 0) is 13.8 Å². The highest BCUT2D eigenvalue weighted by atomic mass is 35.5. The number of rotatable bonds is 3. The first-order valence-corrected chi connectivity index (χ1v) is 4.44. The first-order chi connectivity index (χ1) is 4.04. The number of thioether (sulfide) groups is 1. The summed E-state index contributed by atoms with van der Waals surface area (Å²) < 4.78 is -0.336. The van der Waals surface area contributed by atoms with Crippen molar-refractivity contribution < 1.29 is 0 Å². The van der Waals surface area contributed by atoms with Gasteiger partial charge in [0, 0.05) is 5.25 Å². The zero-order valence-corrected chi connectivity index (χ0v) is 7.85. The van der Waals surface area contributed by atoms with Crippen molar-refractivity contribution >= 4 is 35.0 Å². The van der Waals surface area contributed by atoms with E-state index >= 15 is 0 Å². The molecule has 0 aromatic carbocycles. The molecule has 0 bridgehead atoms. The van der Waals surface area contributed by atoms with Crippen LogP contribution in [0.3, 0.4) is 0 Å². The van der Waals surface area contributed by atoms with Crippen molar-refractivity contribution in [3.8, 4) is 0 Å². The van der Waals surface area contributed by atoms with Gasteiger partial charge in [0.05, 0.1) is 0 Å². The second-order valence-electron chi connectivity index (χ2n) is 1.89. The number of hydrogen-bond donors (Lipinski definition) is 0. The van der Waals surface area contributed by atoms with E-state index in [0.29, 0.717) is 5.25 Å². The van der Waals surface area contributed by atoms with Crippen LogP contribution in [0.1, 0.15) is 13.8 Å². The molecule has 0 aromatic heterocycles. The van der Waals surface area contributed by atoms with Crippen LogP contribution in [0.25, 0.3) is 0 Å². The quantitative estimate of drug-likeness (QED) is 0.479. The van der Waals surface area contributed by atoms with E-state index < -0.39 is 0 Å². The van der Waals surface area contributed by atoms with Crippen LogP contribution in [0.15, 0.2) is 12.2 Å². The van der Waals surface area contributed by atoms with E-state index in [4.69, 9.17) is 23.2 Å². The highest BCUT2D eigenvalue weighted by molar-refractivity contribution is 8.03. The minimum Gasteiger partial charge on any atom is -0.119 e. The molecule has 1 unspecified atom stereocenters. The Labute approximate surface area is 70.6 Å². The van der Waals surface area contributed by atoms with Crippen LogP contribution in [-0.2, 0) is 0 Å². The lowest BCUT2D eigenvalue weighted by Crippen LogP contribution is -1.98. The van der Waals surface area contributed by atoms with Gasteiger partial charge in [-0.15, -0.1) is 11.8 Å². The molecule has 0 saturated carbocycles. The van der Waals surface area contributed by atoms with E-state index in [1.165, 1.54) is 11.8 Å². The van der Waals surface area contributed by atoms with Crippen LogP contribution < -0.4 is 0 Å². The summed E-state index contributed by atoms with van der Waals surface area (Å²) in [6.07, 6.45) is 0. The van der Waals surface area contributed by atoms with Gasteiger partial charge in [0.1, 0.15) is 0 Å². The van der Waals surface area contributed by atoms with E-state index in [9.17, 15) is 0 Å². The fraction of sp³-hybridized carbons (Fsp3) is 0.667. The first kappa shape index (κ1) is 9.67. The SMILES string of the molecule is C=C(C)C(C)SC(Cl)Cl. The van der Waals surface area contributed by atoms with Crippen molar-refractivity contribution in [3.63, 3.8) is 0 Å². The minimum absolute atomic E-state index is 0.336. The summed E-state index contributed by atoms with van der Waals surface area (Å²) >= 11 is 12.5. The molecular weight excluding hydrogens is 175 g/mol. The molecule has 1 atom stereocenters. The Kier molecular flexibility index (Phi) is 4.81. The summed E-state index contributed by atoms with van der Waals surface area (Å²) in [4.78, 5) is 0. The van der Waals surface area contributed by atoms with Gasteiger partial charge in [0.15, 0.2) is 4.17 Å². The highest BCUT2D eigenvalue weighted by Gasteiger charge is 2.07. The smallest absolute Gasteiger partial charge is 0.119 e. The van der Waals surface area contributed by atoms with Crippen molar-refractivity contribution in [2.45, 2.75) is 23.3 Å². The molecule has 0 saturated heterocycles. The van der Waals surface area contributed by atoms with Crippen molar-refractivity contribution in [1.29, 1.82) is 0 Å². The predicted octanol–water partition coefficient (Wildman–Crippen LogP) is 3.45. The average molecular weight is 185 g/mol. The molecule has 0 aliphatic rings. The second kappa shape index (κ2) is 4.48. The largest absolute Gasteiger partial charge is 0.153 e. The summed E-state index contributed by atoms with van der Waals surface area (Å²) in [5.74, 6) is 0.